The predicted octanol–water partition coefficient (Wildman–Crippen LogP) is 4.24. The molecule has 0 aromatic heterocycles. The molecule has 0 amide bonds. The number of anilines is 1. The van der Waals surface area contributed by atoms with Gasteiger partial charge in [0.15, 0.2) is 0 Å². The number of nitrogens with zero attached hydrogens (tertiary/aromatic N) is 1. The van der Waals surface area contributed by atoms with Gasteiger partial charge in [-0.3, -0.25) is 0 Å². The van der Waals surface area contributed by atoms with Crippen LogP contribution in [-0.4, -0.2) is 12.6 Å². The average molecular weight is 311 g/mol. The Balaban J connectivity index is 2.25. The third-order valence-corrected chi connectivity index (χ3v) is 4.55. The van der Waals surface area contributed by atoms with E-state index in [2.05, 4.69) is 46.0 Å². The number of benzene rings is 1. The Morgan fingerprint density at radius 2 is 2.06 bits per heavy atom. The second kappa shape index (κ2) is 6.07. The third kappa shape index (κ3) is 2.89. The second-order valence-corrected chi connectivity index (χ2v) is 6.08. The highest BCUT2D eigenvalue weighted by atomic mass is 79.9. The summed E-state index contributed by atoms with van der Waals surface area (Å²) in [6, 6.07) is 7.34. The summed E-state index contributed by atoms with van der Waals surface area (Å²) in [6.07, 6.45) is 5.40. The van der Waals surface area contributed by atoms with Crippen LogP contribution in [0.15, 0.2) is 22.7 Å². The van der Waals surface area contributed by atoms with Gasteiger partial charge in [0.25, 0.3) is 0 Å². The Hall–Kier alpha value is -0.540. The molecule has 1 fully saturated rings. The molecule has 1 aromatic rings. The van der Waals surface area contributed by atoms with E-state index in [0.29, 0.717) is 6.04 Å². The van der Waals surface area contributed by atoms with Crippen molar-refractivity contribution in [2.24, 2.45) is 5.73 Å². The van der Waals surface area contributed by atoms with Crippen LogP contribution in [0.1, 0.15) is 51.1 Å². The lowest BCUT2D eigenvalue weighted by molar-refractivity contribution is 0.618. The zero-order valence-corrected chi connectivity index (χ0v) is 12.9. The first-order valence-corrected chi connectivity index (χ1v) is 7.74. The molecule has 1 aliphatic carbocycles. The van der Waals surface area contributed by atoms with Crippen LogP contribution in [0.2, 0.25) is 0 Å². The van der Waals surface area contributed by atoms with Gasteiger partial charge in [-0.05, 0) is 60.3 Å². The Morgan fingerprint density at radius 1 is 1.39 bits per heavy atom. The highest BCUT2D eigenvalue weighted by Gasteiger charge is 2.23. The molecular weight excluding hydrogens is 288 g/mol. The van der Waals surface area contributed by atoms with Gasteiger partial charge in [0.2, 0.25) is 0 Å². The van der Waals surface area contributed by atoms with Gasteiger partial charge in [0, 0.05) is 23.1 Å². The SMILES string of the molecule is CCN(c1ccc([C@H](C)N)cc1Br)C1CCCC1. The van der Waals surface area contributed by atoms with Gasteiger partial charge >= 0.3 is 0 Å². The van der Waals surface area contributed by atoms with Crippen molar-refractivity contribution in [3.8, 4) is 0 Å². The summed E-state index contributed by atoms with van der Waals surface area (Å²) in [5.41, 5.74) is 8.43. The van der Waals surface area contributed by atoms with Gasteiger partial charge in [0.05, 0.1) is 5.69 Å². The maximum atomic E-state index is 5.93. The van der Waals surface area contributed by atoms with Crippen molar-refractivity contribution < 1.29 is 0 Å². The molecular formula is C15H23BrN2. The fourth-order valence-electron chi connectivity index (χ4n) is 2.88. The molecule has 3 heteroatoms. The van der Waals surface area contributed by atoms with Crippen molar-refractivity contribution >= 4 is 21.6 Å². The highest BCUT2D eigenvalue weighted by Crippen LogP contribution is 2.34. The van der Waals surface area contributed by atoms with Crippen molar-refractivity contribution in [2.45, 2.75) is 51.6 Å². The normalized spacial score (nSPS) is 18.0. The molecule has 18 heavy (non-hydrogen) atoms. The van der Waals surface area contributed by atoms with E-state index in [1.807, 2.05) is 6.92 Å². The van der Waals surface area contributed by atoms with Crippen molar-refractivity contribution in [3.63, 3.8) is 0 Å². The zero-order valence-electron chi connectivity index (χ0n) is 11.3. The Kier molecular flexibility index (Phi) is 4.68. The summed E-state index contributed by atoms with van der Waals surface area (Å²) in [7, 11) is 0. The van der Waals surface area contributed by atoms with Crippen molar-refractivity contribution in [3.05, 3.63) is 28.2 Å². The lowest BCUT2D eigenvalue weighted by atomic mass is 10.1. The fraction of sp³-hybridized carbons (Fsp3) is 0.600. The van der Waals surface area contributed by atoms with Gasteiger partial charge in [-0.2, -0.15) is 0 Å². The average Bonchev–Trinajstić information content (AvgIpc) is 2.85. The Labute approximate surface area is 119 Å². The minimum atomic E-state index is 0.0944. The van der Waals surface area contributed by atoms with Crippen LogP contribution >= 0.6 is 15.9 Å². The third-order valence-electron chi connectivity index (χ3n) is 3.91. The van der Waals surface area contributed by atoms with E-state index in [1.54, 1.807) is 0 Å². The second-order valence-electron chi connectivity index (χ2n) is 5.22. The Bertz CT molecular complexity index is 397. The molecule has 0 bridgehead atoms. The number of hydrogen-bond donors (Lipinski definition) is 1. The molecule has 2 N–H and O–H groups in total. The molecule has 0 aliphatic heterocycles. The molecule has 0 saturated heterocycles. The molecule has 0 spiro atoms. The summed E-state index contributed by atoms with van der Waals surface area (Å²) in [6.45, 7) is 5.33. The molecule has 0 radical (unpaired) electrons. The maximum Gasteiger partial charge on any atom is 0.0513 e. The molecule has 1 aromatic carbocycles. The molecule has 2 nitrogen and oxygen atoms in total. The van der Waals surface area contributed by atoms with Crippen LogP contribution in [0.4, 0.5) is 5.69 Å². The number of halogens is 1. The molecule has 1 atom stereocenters. The largest absolute Gasteiger partial charge is 0.368 e. The summed E-state index contributed by atoms with van der Waals surface area (Å²) in [5.74, 6) is 0. The van der Waals surface area contributed by atoms with Crippen molar-refractivity contribution in [2.75, 3.05) is 11.4 Å². The molecule has 0 unspecified atom stereocenters. The lowest BCUT2D eigenvalue weighted by Crippen LogP contribution is -2.33. The van der Waals surface area contributed by atoms with Gasteiger partial charge in [0.1, 0.15) is 0 Å². The first kappa shape index (κ1) is 13.9. The molecule has 0 heterocycles. The molecule has 100 valence electrons. The first-order chi connectivity index (χ1) is 8.63. The van der Waals surface area contributed by atoms with Crippen LogP contribution < -0.4 is 10.6 Å². The van der Waals surface area contributed by atoms with E-state index in [0.717, 1.165) is 6.54 Å². The summed E-state index contributed by atoms with van der Waals surface area (Å²) in [5, 5.41) is 0. The first-order valence-electron chi connectivity index (χ1n) is 6.95. The minimum Gasteiger partial charge on any atom is -0.368 e. The predicted molar refractivity (Wildman–Crippen MR) is 82.0 cm³/mol. The van der Waals surface area contributed by atoms with E-state index < -0.39 is 0 Å². The van der Waals surface area contributed by atoms with Gasteiger partial charge in [-0.1, -0.05) is 18.9 Å². The van der Waals surface area contributed by atoms with E-state index >= 15 is 0 Å². The molecule has 1 aliphatic rings. The van der Waals surface area contributed by atoms with Gasteiger partial charge in [-0.25, -0.2) is 0 Å². The molecule has 2 rings (SSSR count). The molecule has 1 saturated carbocycles. The van der Waals surface area contributed by atoms with Crippen molar-refractivity contribution in [1.82, 2.24) is 0 Å². The van der Waals surface area contributed by atoms with Crippen LogP contribution in [0.25, 0.3) is 0 Å². The topological polar surface area (TPSA) is 29.3 Å². The van der Waals surface area contributed by atoms with E-state index in [4.69, 9.17) is 5.73 Å². The smallest absolute Gasteiger partial charge is 0.0513 e. The van der Waals surface area contributed by atoms with Crippen LogP contribution in [-0.2, 0) is 0 Å². The number of hydrogen-bond acceptors (Lipinski definition) is 2. The van der Waals surface area contributed by atoms with Crippen LogP contribution in [0, 0.1) is 0 Å². The quantitative estimate of drug-likeness (QED) is 0.901. The monoisotopic (exact) mass is 310 g/mol. The van der Waals surface area contributed by atoms with Crippen LogP contribution in [0.3, 0.4) is 0 Å². The Morgan fingerprint density at radius 3 is 2.56 bits per heavy atom. The van der Waals surface area contributed by atoms with E-state index in [1.165, 1.54) is 41.4 Å². The maximum absolute atomic E-state index is 5.93. The summed E-state index contributed by atoms with van der Waals surface area (Å²) in [4.78, 5) is 2.53. The van der Waals surface area contributed by atoms with E-state index in [9.17, 15) is 0 Å². The van der Waals surface area contributed by atoms with E-state index in [-0.39, 0.29) is 6.04 Å². The summed E-state index contributed by atoms with van der Waals surface area (Å²) < 4.78 is 1.17. The zero-order chi connectivity index (χ0) is 13.1. The lowest BCUT2D eigenvalue weighted by Gasteiger charge is -2.31. The van der Waals surface area contributed by atoms with Crippen molar-refractivity contribution in [1.29, 1.82) is 0 Å². The minimum absolute atomic E-state index is 0.0944. The standard InChI is InChI=1S/C15H23BrN2/c1-3-18(13-6-4-5-7-13)15-9-8-12(11(2)17)10-14(15)16/h8-11,13H,3-7,17H2,1-2H3/t11-/m0/s1. The highest BCUT2D eigenvalue weighted by molar-refractivity contribution is 9.10. The van der Waals surface area contributed by atoms with Gasteiger partial charge < -0.3 is 10.6 Å². The number of rotatable bonds is 4. The van der Waals surface area contributed by atoms with Crippen LogP contribution in [0.5, 0.6) is 0 Å². The number of nitrogens with two attached hydrogens (primary N) is 1. The van der Waals surface area contributed by atoms with Gasteiger partial charge in [-0.15, -0.1) is 0 Å². The fourth-order valence-corrected chi connectivity index (χ4v) is 3.50. The summed E-state index contributed by atoms with van der Waals surface area (Å²) >= 11 is 3.71.